The largest absolute Gasteiger partial charge is 0.410 e. The van der Waals surface area contributed by atoms with Gasteiger partial charge in [-0.1, -0.05) is 44.6 Å². The van der Waals surface area contributed by atoms with Crippen LogP contribution in [0.4, 0.5) is 26.3 Å². The first kappa shape index (κ1) is 23.3. The first-order valence-electron chi connectivity index (χ1n) is 9.32. The van der Waals surface area contributed by atoms with E-state index < -0.39 is 41.2 Å². The van der Waals surface area contributed by atoms with Crippen LogP contribution < -0.4 is 5.32 Å². The van der Waals surface area contributed by atoms with Crippen LogP contribution in [-0.4, -0.2) is 18.3 Å². The lowest BCUT2D eigenvalue weighted by Crippen LogP contribution is -2.53. The Morgan fingerprint density at radius 1 is 0.759 bits per heavy atom. The van der Waals surface area contributed by atoms with Gasteiger partial charge in [-0.05, 0) is 48.3 Å². The third kappa shape index (κ3) is 4.46. The molecule has 0 spiro atoms. The second kappa shape index (κ2) is 7.69. The van der Waals surface area contributed by atoms with Crippen molar-refractivity contribution in [2.45, 2.75) is 65.7 Å². The van der Waals surface area contributed by atoms with Crippen molar-refractivity contribution in [1.29, 1.82) is 0 Å². The highest BCUT2D eigenvalue weighted by molar-refractivity contribution is 5.75. The quantitative estimate of drug-likeness (QED) is 0.516. The summed E-state index contributed by atoms with van der Waals surface area (Å²) in [5.41, 5.74) is -4.69. The normalized spacial score (nSPS) is 19.1. The first-order valence-corrected chi connectivity index (χ1v) is 9.32. The lowest BCUT2D eigenvalue weighted by atomic mass is 9.66. The van der Waals surface area contributed by atoms with Gasteiger partial charge in [0.25, 0.3) is 0 Å². The van der Waals surface area contributed by atoms with Gasteiger partial charge in [-0.3, -0.25) is 4.79 Å². The molecule has 8 heteroatoms. The minimum Gasteiger partial charge on any atom is -0.330 e. The molecule has 2 aliphatic carbocycles. The zero-order chi connectivity index (χ0) is 22.3. The highest BCUT2D eigenvalue weighted by atomic mass is 19.4. The topological polar surface area (TPSA) is 29.1 Å². The molecule has 0 aromatic carbocycles. The van der Waals surface area contributed by atoms with Crippen molar-refractivity contribution in [3.8, 4) is 0 Å². The fourth-order valence-electron chi connectivity index (χ4n) is 3.95. The van der Waals surface area contributed by atoms with Crippen molar-refractivity contribution >= 4 is 5.91 Å². The Bertz CT molecular complexity index is 773. The van der Waals surface area contributed by atoms with E-state index in [2.05, 4.69) is 5.32 Å². The summed E-state index contributed by atoms with van der Waals surface area (Å²) >= 11 is 0. The average Bonchev–Trinajstić information content (AvgIpc) is 2.53. The number of amides is 1. The second-order valence-electron chi connectivity index (χ2n) is 8.44. The maximum Gasteiger partial charge on any atom is 0.410 e. The Morgan fingerprint density at radius 2 is 1.17 bits per heavy atom. The highest BCUT2D eigenvalue weighted by Gasteiger charge is 2.73. The molecule has 1 amide bonds. The van der Waals surface area contributed by atoms with Gasteiger partial charge in [0.2, 0.25) is 11.3 Å². The van der Waals surface area contributed by atoms with Crippen LogP contribution in [0.15, 0.2) is 46.7 Å². The predicted molar refractivity (Wildman–Crippen MR) is 98.6 cm³/mol. The van der Waals surface area contributed by atoms with Crippen LogP contribution in [0.3, 0.4) is 0 Å². The van der Waals surface area contributed by atoms with Crippen LogP contribution in [0.1, 0.15) is 53.4 Å². The van der Waals surface area contributed by atoms with Gasteiger partial charge in [-0.2, -0.15) is 26.3 Å². The van der Waals surface area contributed by atoms with Gasteiger partial charge >= 0.3 is 12.4 Å². The van der Waals surface area contributed by atoms with E-state index in [4.69, 9.17) is 0 Å². The SMILES string of the molecule is CC(=O)NC1=CC=C(C(C2=CC=C(C(C)(C)C)CC2)(C(F)(F)F)C(F)(F)F)CC1. The number of alkyl halides is 6. The van der Waals surface area contributed by atoms with E-state index in [0.717, 1.165) is 23.8 Å². The predicted octanol–water partition coefficient (Wildman–Crippen LogP) is 6.53. The molecule has 0 bridgehead atoms. The summed E-state index contributed by atoms with van der Waals surface area (Å²) in [5.74, 6) is -0.430. The molecular weight excluding hydrogens is 396 g/mol. The molecule has 29 heavy (non-hydrogen) atoms. The maximum atomic E-state index is 14.2. The molecule has 0 atom stereocenters. The molecule has 0 heterocycles. The molecule has 0 fully saturated rings. The molecule has 0 aliphatic heterocycles. The summed E-state index contributed by atoms with van der Waals surface area (Å²) in [6.07, 6.45) is -7.43. The molecule has 2 aliphatic rings. The van der Waals surface area contributed by atoms with E-state index in [1.54, 1.807) is 0 Å². The number of allylic oxidation sites excluding steroid dienone is 8. The minimum absolute atomic E-state index is 0.102. The molecule has 0 unspecified atom stereocenters. The van der Waals surface area contributed by atoms with Gasteiger partial charge in [0, 0.05) is 12.6 Å². The standard InChI is InChI=1S/C21H25F6NO/c1-13(29)28-17-11-9-16(10-12-17)19(20(22,23)24,21(25,26)27)15-7-5-14(6-8-15)18(2,3)4/h5,7,9,11H,6,8,10,12H2,1-4H3,(H,28,29). The fourth-order valence-corrected chi connectivity index (χ4v) is 3.95. The minimum atomic E-state index is -5.55. The Labute approximate surface area is 166 Å². The highest BCUT2D eigenvalue weighted by Crippen LogP contribution is 2.62. The molecular formula is C21H25F6NO. The van der Waals surface area contributed by atoms with Crippen LogP contribution in [0, 0.1) is 10.8 Å². The van der Waals surface area contributed by atoms with Gasteiger partial charge in [-0.25, -0.2) is 0 Å². The number of rotatable bonds is 3. The molecule has 0 radical (unpaired) electrons. The number of carbonyl (C=O) groups excluding carboxylic acids is 1. The number of carbonyl (C=O) groups is 1. The third-order valence-electron chi connectivity index (χ3n) is 5.41. The van der Waals surface area contributed by atoms with Gasteiger partial charge in [-0.15, -0.1) is 0 Å². The van der Waals surface area contributed by atoms with Gasteiger partial charge < -0.3 is 5.32 Å². The first-order chi connectivity index (χ1) is 13.1. The van der Waals surface area contributed by atoms with E-state index >= 15 is 0 Å². The van der Waals surface area contributed by atoms with Crippen molar-refractivity contribution in [3.05, 3.63) is 46.7 Å². The zero-order valence-corrected chi connectivity index (χ0v) is 16.8. The van der Waals surface area contributed by atoms with Crippen molar-refractivity contribution in [3.63, 3.8) is 0 Å². The number of hydrogen-bond acceptors (Lipinski definition) is 1. The maximum absolute atomic E-state index is 14.2. The Morgan fingerprint density at radius 3 is 1.48 bits per heavy atom. The molecule has 0 aromatic heterocycles. The van der Waals surface area contributed by atoms with Crippen molar-refractivity contribution in [2.24, 2.45) is 10.8 Å². The Hall–Kier alpha value is -1.99. The molecule has 2 nitrogen and oxygen atoms in total. The second-order valence-corrected chi connectivity index (χ2v) is 8.44. The number of hydrogen-bond donors (Lipinski definition) is 1. The molecule has 0 saturated heterocycles. The van der Waals surface area contributed by atoms with Gasteiger partial charge in [0.15, 0.2) is 0 Å². The fraction of sp³-hybridized carbons (Fsp3) is 0.571. The van der Waals surface area contributed by atoms with Crippen LogP contribution in [0.2, 0.25) is 0 Å². The monoisotopic (exact) mass is 421 g/mol. The smallest absolute Gasteiger partial charge is 0.330 e. The lowest BCUT2D eigenvalue weighted by Gasteiger charge is -2.43. The van der Waals surface area contributed by atoms with E-state index in [9.17, 15) is 31.1 Å². The molecule has 162 valence electrons. The molecule has 0 aromatic rings. The average molecular weight is 421 g/mol. The zero-order valence-electron chi connectivity index (χ0n) is 16.8. The molecule has 2 rings (SSSR count). The van der Waals surface area contributed by atoms with E-state index in [0.29, 0.717) is 5.70 Å². The summed E-state index contributed by atoms with van der Waals surface area (Å²) < 4.78 is 85.0. The van der Waals surface area contributed by atoms with Crippen molar-refractivity contribution < 1.29 is 31.1 Å². The van der Waals surface area contributed by atoms with Crippen molar-refractivity contribution in [2.75, 3.05) is 0 Å². The van der Waals surface area contributed by atoms with Crippen LogP contribution >= 0.6 is 0 Å². The summed E-state index contributed by atoms with van der Waals surface area (Å²) in [5, 5.41) is 2.42. The number of nitrogens with one attached hydrogen (secondary N) is 1. The van der Waals surface area contributed by atoms with E-state index in [-0.39, 0.29) is 24.7 Å². The van der Waals surface area contributed by atoms with Crippen LogP contribution in [0.25, 0.3) is 0 Å². The van der Waals surface area contributed by atoms with Crippen molar-refractivity contribution in [1.82, 2.24) is 5.32 Å². The summed E-state index contributed by atoms with van der Waals surface area (Å²) in [4.78, 5) is 11.1. The van der Waals surface area contributed by atoms with E-state index in [1.165, 1.54) is 13.0 Å². The lowest BCUT2D eigenvalue weighted by molar-refractivity contribution is -0.312. The summed E-state index contributed by atoms with van der Waals surface area (Å²) in [7, 11) is 0. The molecule has 0 saturated carbocycles. The number of halogens is 6. The molecule has 1 N–H and O–H groups in total. The van der Waals surface area contributed by atoms with Gasteiger partial charge in [0.05, 0.1) is 0 Å². The Kier molecular flexibility index (Phi) is 6.17. The Balaban J connectivity index is 2.65. The van der Waals surface area contributed by atoms with Crippen LogP contribution in [-0.2, 0) is 4.79 Å². The summed E-state index contributed by atoms with van der Waals surface area (Å²) in [6, 6.07) is 0. The summed E-state index contributed by atoms with van der Waals surface area (Å²) in [6.45, 7) is 6.84. The van der Waals surface area contributed by atoms with E-state index in [1.807, 2.05) is 20.8 Å². The third-order valence-corrected chi connectivity index (χ3v) is 5.41. The van der Waals surface area contributed by atoms with Gasteiger partial charge in [0.1, 0.15) is 0 Å². The van der Waals surface area contributed by atoms with Crippen LogP contribution in [0.5, 0.6) is 0 Å².